The minimum absolute atomic E-state index is 0.0100. The van der Waals surface area contributed by atoms with Gasteiger partial charge < -0.3 is 35.2 Å². The summed E-state index contributed by atoms with van der Waals surface area (Å²) in [5.41, 5.74) is 0.474. The maximum Gasteiger partial charge on any atom is 0.410 e. The highest BCUT2D eigenvalue weighted by Gasteiger charge is 2.40. The van der Waals surface area contributed by atoms with Gasteiger partial charge in [0.15, 0.2) is 5.75 Å². The molecule has 302 valence electrons. The SMILES string of the molecule is CC(C)C[C@@H](C(=O)N1CCCC[C@@H]1C(=O)N[C@@H](COc1cnc2ccccc2c1C(=O)N[C@@H](CC(=O)O)C(=O)O)Cc1ccccc1)N(C)C(=O)OC(C)(C)C. The van der Waals surface area contributed by atoms with Crippen molar-refractivity contribution in [2.24, 2.45) is 5.92 Å². The van der Waals surface area contributed by atoms with Gasteiger partial charge in [0.1, 0.15) is 30.3 Å². The van der Waals surface area contributed by atoms with Crippen LogP contribution < -0.4 is 15.4 Å². The molecule has 4 N–H and O–H groups in total. The number of nitrogens with zero attached hydrogens (tertiary/aromatic N) is 3. The Morgan fingerprint density at radius 2 is 1.64 bits per heavy atom. The van der Waals surface area contributed by atoms with Gasteiger partial charge in [0.2, 0.25) is 11.8 Å². The highest BCUT2D eigenvalue weighted by Crippen LogP contribution is 2.28. The number of hydrogen-bond donors (Lipinski definition) is 4. The quantitative estimate of drug-likeness (QED) is 0.158. The van der Waals surface area contributed by atoms with Gasteiger partial charge in [0, 0.05) is 19.0 Å². The summed E-state index contributed by atoms with van der Waals surface area (Å²) >= 11 is 0. The number of fused-ring (bicyclic) bond motifs is 1. The van der Waals surface area contributed by atoms with Gasteiger partial charge in [0.25, 0.3) is 5.91 Å². The number of carbonyl (C=O) groups is 6. The molecular formula is C41H53N5O10. The molecule has 1 aliphatic heterocycles. The van der Waals surface area contributed by atoms with E-state index in [2.05, 4.69) is 15.6 Å². The number of nitrogens with one attached hydrogen (secondary N) is 2. The first-order valence-corrected chi connectivity index (χ1v) is 18.8. The highest BCUT2D eigenvalue weighted by atomic mass is 16.6. The summed E-state index contributed by atoms with van der Waals surface area (Å²) in [7, 11) is 1.54. The van der Waals surface area contributed by atoms with E-state index in [9.17, 15) is 39.0 Å². The Hall–Kier alpha value is -5.73. The van der Waals surface area contributed by atoms with Crippen molar-refractivity contribution in [2.75, 3.05) is 20.2 Å². The van der Waals surface area contributed by atoms with Crippen molar-refractivity contribution < 1.29 is 48.5 Å². The van der Waals surface area contributed by atoms with Gasteiger partial charge >= 0.3 is 18.0 Å². The number of aromatic nitrogens is 1. The number of ether oxygens (including phenoxy) is 2. The standard InChI is InChI=1S/C41H53N5O10/c1-25(2)20-32(45(6)40(54)56-41(3,4)5)38(51)46-19-13-12-18-31(46)36(49)43-27(21-26-14-8-7-9-15-26)24-55-33-23-42-29-17-11-10-16-28(29)35(33)37(50)44-30(39(52)53)22-34(47)48/h7-11,14-17,23,25,27,30-32H,12-13,18-22,24H2,1-6H3,(H,43,49)(H,44,50)(H,47,48)(H,52,53)/t27-,30+,31-,32+/m1/s1. The minimum Gasteiger partial charge on any atom is -0.489 e. The normalized spacial score (nSPS) is 16.0. The average molecular weight is 776 g/mol. The Bertz CT molecular complexity index is 1880. The molecule has 2 aromatic carbocycles. The average Bonchev–Trinajstić information content (AvgIpc) is 3.14. The van der Waals surface area contributed by atoms with Crippen LogP contribution in [0.3, 0.4) is 0 Å². The lowest BCUT2D eigenvalue weighted by Gasteiger charge is -2.40. The molecule has 0 unspecified atom stereocenters. The van der Waals surface area contributed by atoms with Gasteiger partial charge in [-0.2, -0.15) is 0 Å². The number of carbonyl (C=O) groups excluding carboxylic acids is 4. The van der Waals surface area contributed by atoms with E-state index in [4.69, 9.17) is 9.47 Å². The number of benzene rings is 2. The van der Waals surface area contributed by atoms with Crippen molar-refractivity contribution in [1.82, 2.24) is 25.4 Å². The first kappa shape index (κ1) is 43.0. The molecule has 1 aromatic heterocycles. The molecule has 4 atom stereocenters. The Kier molecular flexibility index (Phi) is 14.8. The Balaban J connectivity index is 1.62. The van der Waals surface area contributed by atoms with Crippen LogP contribution in [-0.2, 0) is 30.3 Å². The van der Waals surface area contributed by atoms with Gasteiger partial charge in [-0.15, -0.1) is 0 Å². The minimum atomic E-state index is -1.71. The van der Waals surface area contributed by atoms with Crippen molar-refractivity contribution in [1.29, 1.82) is 0 Å². The molecule has 15 nitrogen and oxygen atoms in total. The second kappa shape index (κ2) is 19.2. The highest BCUT2D eigenvalue weighted by molar-refractivity contribution is 6.09. The number of carboxylic acids is 2. The van der Waals surface area contributed by atoms with E-state index in [1.54, 1.807) is 49.9 Å². The van der Waals surface area contributed by atoms with Crippen LogP contribution in [0.2, 0.25) is 0 Å². The van der Waals surface area contributed by atoms with Gasteiger partial charge in [-0.05, 0) is 70.4 Å². The van der Waals surface area contributed by atoms with E-state index in [0.29, 0.717) is 49.6 Å². The molecule has 1 saturated heterocycles. The van der Waals surface area contributed by atoms with E-state index in [1.165, 1.54) is 18.1 Å². The number of piperidine rings is 1. The molecule has 0 spiro atoms. The van der Waals surface area contributed by atoms with E-state index in [1.807, 2.05) is 44.2 Å². The zero-order valence-corrected chi connectivity index (χ0v) is 32.8. The summed E-state index contributed by atoms with van der Waals surface area (Å²) in [6.07, 6.45) is 2.32. The van der Waals surface area contributed by atoms with Crippen LogP contribution in [0.15, 0.2) is 60.8 Å². The number of para-hydroxylation sites is 1. The summed E-state index contributed by atoms with van der Waals surface area (Å²) in [5, 5.41) is 24.6. The second-order valence-corrected chi connectivity index (χ2v) is 15.5. The Labute approximate surface area is 326 Å². The van der Waals surface area contributed by atoms with E-state index in [0.717, 1.165) is 5.56 Å². The largest absolute Gasteiger partial charge is 0.489 e. The van der Waals surface area contributed by atoms with Crippen LogP contribution in [0, 0.1) is 5.92 Å². The molecule has 56 heavy (non-hydrogen) atoms. The topological polar surface area (TPSA) is 205 Å². The third kappa shape index (κ3) is 11.9. The molecule has 2 heterocycles. The predicted molar refractivity (Wildman–Crippen MR) is 207 cm³/mol. The lowest BCUT2D eigenvalue weighted by Crippen LogP contribution is -2.59. The van der Waals surface area contributed by atoms with Gasteiger partial charge in [-0.25, -0.2) is 9.59 Å². The van der Waals surface area contributed by atoms with Crippen molar-refractivity contribution >= 4 is 46.7 Å². The second-order valence-electron chi connectivity index (χ2n) is 15.5. The Morgan fingerprint density at radius 3 is 2.29 bits per heavy atom. The fourth-order valence-electron chi connectivity index (χ4n) is 6.60. The monoisotopic (exact) mass is 775 g/mol. The van der Waals surface area contributed by atoms with E-state index in [-0.39, 0.29) is 29.7 Å². The van der Waals surface area contributed by atoms with Crippen LogP contribution in [0.5, 0.6) is 5.75 Å². The number of aliphatic carboxylic acids is 2. The molecule has 1 aliphatic rings. The number of carboxylic acid groups (broad SMARTS) is 2. The number of likely N-dealkylation sites (tertiary alicyclic amines) is 1. The van der Waals surface area contributed by atoms with Crippen LogP contribution in [-0.4, -0.2) is 111 Å². The summed E-state index contributed by atoms with van der Waals surface area (Å²) in [6.45, 7) is 9.34. The molecule has 15 heteroatoms. The molecule has 0 saturated carbocycles. The molecular weight excluding hydrogens is 722 g/mol. The Morgan fingerprint density at radius 1 is 0.964 bits per heavy atom. The third-order valence-electron chi connectivity index (χ3n) is 9.28. The first-order valence-electron chi connectivity index (χ1n) is 18.8. The summed E-state index contributed by atoms with van der Waals surface area (Å²) in [5.74, 6) is -4.50. The molecule has 0 bridgehead atoms. The van der Waals surface area contributed by atoms with Gasteiger partial charge in [-0.3, -0.25) is 29.1 Å². The lowest BCUT2D eigenvalue weighted by atomic mass is 9.96. The maximum absolute atomic E-state index is 14.3. The first-order chi connectivity index (χ1) is 26.4. The number of amides is 4. The van der Waals surface area contributed by atoms with Crippen LogP contribution >= 0.6 is 0 Å². The molecule has 0 aliphatic carbocycles. The van der Waals surface area contributed by atoms with Crippen molar-refractivity contribution in [3.63, 3.8) is 0 Å². The fraction of sp³-hybridized carbons (Fsp3) is 0.488. The van der Waals surface area contributed by atoms with Crippen molar-refractivity contribution in [2.45, 2.75) is 103 Å². The fourth-order valence-corrected chi connectivity index (χ4v) is 6.60. The summed E-state index contributed by atoms with van der Waals surface area (Å²) in [6, 6.07) is 11.9. The predicted octanol–water partition coefficient (Wildman–Crippen LogP) is 4.66. The van der Waals surface area contributed by atoms with Crippen LogP contribution in [0.1, 0.15) is 82.6 Å². The number of likely N-dealkylation sites (N-methyl/N-ethyl adjacent to an activating group) is 1. The van der Waals surface area contributed by atoms with E-state index >= 15 is 0 Å². The van der Waals surface area contributed by atoms with Gasteiger partial charge in [-0.1, -0.05) is 62.4 Å². The van der Waals surface area contributed by atoms with Crippen molar-refractivity contribution in [3.05, 3.63) is 71.9 Å². The van der Waals surface area contributed by atoms with Crippen LogP contribution in [0.4, 0.5) is 4.79 Å². The lowest BCUT2D eigenvalue weighted by molar-refractivity contribution is -0.146. The molecule has 4 amide bonds. The molecule has 3 aromatic rings. The number of hydrogen-bond acceptors (Lipinski definition) is 9. The smallest absolute Gasteiger partial charge is 0.410 e. The summed E-state index contributed by atoms with van der Waals surface area (Å²) in [4.78, 5) is 85.8. The van der Waals surface area contributed by atoms with Crippen molar-refractivity contribution in [3.8, 4) is 5.75 Å². The van der Waals surface area contributed by atoms with Crippen LogP contribution in [0.25, 0.3) is 10.9 Å². The number of rotatable bonds is 16. The maximum atomic E-state index is 14.3. The molecule has 1 fully saturated rings. The molecule has 0 radical (unpaired) electrons. The molecule has 4 rings (SSSR count). The zero-order chi connectivity index (χ0) is 41.2. The zero-order valence-electron chi connectivity index (χ0n) is 32.8. The number of pyridine rings is 1. The van der Waals surface area contributed by atoms with Gasteiger partial charge in [0.05, 0.1) is 29.7 Å². The third-order valence-corrected chi connectivity index (χ3v) is 9.28. The van der Waals surface area contributed by atoms with E-state index < -0.39 is 66.0 Å². The summed E-state index contributed by atoms with van der Waals surface area (Å²) < 4.78 is 11.8.